The molecule has 0 spiro atoms. The van der Waals surface area contributed by atoms with Crippen LogP contribution in [0.25, 0.3) is 92.3 Å². The lowest BCUT2D eigenvalue weighted by atomic mass is 9.89. The highest BCUT2D eigenvalue weighted by Crippen LogP contribution is 2.46. The molecule has 0 unspecified atom stereocenters. The minimum Gasteiger partial charge on any atom is -0.308 e. The summed E-state index contributed by atoms with van der Waals surface area (Å²) in [5, 5.41) is 15.7. The molecule has 2 heterocycles. The number of aromatic nitrogens is 1. The predicted octanol–water partition coefficient (Wildman–Crippen LogP) is 11.1. The van der Waals surface area contributed by atoms with Crippen LogP contribution in [0.4, 0.5) is 0 Å². The van der Waals surface area contributed by atoms with Crippen molar-refractivity contribution < 1.29 is 0 Å². The minimum atomic E-state index is 1.26. The summed E-state index contributed by atoms with van der Waals surface area (Å²) >= 11 is 0. The second-order valence-electron chi connectivity index (χ2n) is 11.3. The summed E-state index contributed by atoms with van der Waals surface area (Å²) in [6.45, 7) is 0. The van der Waals surface area contributed by atoms with Gasteiger partial charge in [0.2, 0.25) is 0 Å². The van der Waals surface area contributed by atoms with E-state index in [2.05, 4.69) is 144 Å². The van der Waals surface area contributed by atoms with Crippen molar-refractivity contribution in [2.75, 3.05) is 0 Å². The Morgan fingerprint density at radius 3 is 1.66 bits per heavy atom. The van der Waals surface area contributed by atoms with Crippen LogP contribution in [0, 0.1) is 0 Å². The summed E-state index contributed by atoms with van der Waals surface area (Å²) in [4.78, 5) is 0. The lowest BCUT2D eigenvalue weighted by molar-refractivity contribution is 1.37. The summed E-state index contributed by atoms with van der Waals surface area (Å²) in [6, 6.07) is 51.7. The molecule has 10 aromatic rings. The van der Waals surface area contributed by atoms with Gasteiger partial charge in [-0.15, -0.1) is 0 Å². The number of para-hydroxylation sites is 2. The fourth-order valence-electron chi connectivity index (χ4n) is 7.62. The fourth-order valence-corrected chi connectivity index (χ4v) is 7.62. The van der Waals surface area contributed by atoms with Crippen LogP contribution in [0.2, 0.25) is 0 Å². The average Bonchev–Trinajstić information content (AvgIpc) is 3.56. The van der Waals surface area contributed by atoms with Crippen LogP contribution in [0.3, 0.4) is 0 Å². The molecule has 0 saturated carbocycles. The summed E-state index contributed by atoms with van der Waals surface area (Å²) in [6.07, 6.45) is 0. The van der Waals surface area contributed by atoms with Gasteiger partial charge in [-0.25, -0.2) is 0 Å². The Balaban J connectivity index is 1.43. The highest BCUT2D eigenvalue weighted by atomic mass is 14.9. The zero-order chi connectivity index (χ0) is 26.7. The van der Waals surface area contributed by atoms with Crippen LogP contribution in [-0.4, -0.2) is 4.40 Å². The Hall–Kier alpha value is -5.40. The maximum atomic E-state index is 2.50. The molecule has 0 aliphatic carbocycles. The Morgan fingerprint density at radius 1 is 0.341 bits per heavy atom. The van der Waals surface area contributed by atoms with Crippen molar-refractivity contribution in [1.82, 2.24) is 4.40 Å². The number of hydrogen-bond acceptors (Lipinski definition) is 0. The molecule has 0 aliphatic rings. The molecule has 188 valence electrons. The first kappa shape index (κ1) is 21.4. The first-order valence-corrected chi connectivity index (χ1v) is 14.3. The quantitative estimate of drug-likeness (QED) is 0.191. The topological polar surface area (TPSA) is 4.41 Å². The van der Waals surface area contributed by atoms with Gasteiger partial charge in [-0.3, -0.25) is 0 Å². The van der Waals surface area contributed by atoms with Crippen molar-refractivity contribution >= 4 is 81.2 Å². The summed E-state index contributed by atoms with van der Waals surface area (Å²) in [5.74, 6) is 0. The molecule has 1 heteroatoms. The molecule has 0 amide bonds. The molecule has 41 heavy (non-hydrogen) atoms. The Bertz CT molecular complexity index is 2650. The molecular weight excluding hydrogens is 494 g/mol. The predicted molar refractivity (Wildman–Crippen MR) is 177 cm³/mol. The van der Waals surface area contributed by atoms with Gasteiger partial charge in [0, 0.05) is 21.5 Å². The van der Waals surface area contributed by atoms with Crippen molar-refractivity contribution in [3.63, 3.8) is 0 Å². The van der Waals surface area contributed by atoms with E-state index in [9.17, 15) is 0 Å². The molecule has 0 aliphatic heterocycles. The van der Waals surface area contributed by atoms with Crippen LogP contribution >= 0.6 is 0 Å². The van der Waals surface area contributed by atoms with Gasteiger partial charge in [-0.1, -0.05) is 121 Å². The third-order valence-electron chi connectivity index (χ3n) is 9.27. The van der Waals surface area contributed by atoms with Crippen molar-refractivity contribution in [3.8, 4) is 11.1 Å². The largest absolute Gasteiger partial charge is 0.308 e. The summed E-state index contributed by atoms with van der Waals surface area (Å²) in [5.41, 5.74) is 6.44. The molecule has 0 bridgehead atoms. The highest BCUT2D eigenvalue weighted by Gasteiger charge is 2.22. The summed E-state index contributed by atoms with van der Waals surface area (Å²) < 4.78 is 2.50. The minimum absolute atomic E-state index is 1.26. The normalized spacial score (nSPS) is 12.4. The zero-order valence-corrected chi connectivity index (χ0v) is 22.2. The summed E-state index contributed by atoms with van der Waals surface area (Å²) in [7, 11) is 0. The van der Waals surface area contributed by atoms with Gasteiger partial charge >= 0.3 is 0 Å². The van der Waals surface area contributed by atoms with Crippen molar-refractivity contribution in [2.45, 2.75) is 0 Å². The van der Waals surface area contributed by atoms with E-state index in [1.807, 2.05) is 0 Å². The van der Waals surface area contributed by atoms with Crippen LogP contribution < -0.4 is 0 Å². The van der Waals surface area contributed by atoms with Gasteiger partial charge in [0.05, 0.1) is 16.6 Å². The van der Waals surface area contributed by atoms with E-state index in [1.165, 1.54) is 92.3 Å². The second kappa shape index (κ2) is 7.62. The molecule has 1 nitrogen and oxygen atoms in total. The molecule has 0 fully saturated rings. The highest BCUT2D eigenvalue weighted by molar-refractivity contribution is 6.30. The van der Waals surface area contributed by atoms with Gasteiger partial charge in [0.1, 0.15) is 0 Å². The van der Waals surface area contributed by atoms with E-state index in [1.54, 1.807) is 0 Å². The SMILES string of the molecule is c1ccc2c(-c3ccc4c5ccccc5c5ccccc5c4c3)c3c4cccc5c6ccccc6n(c3cc2c1)c54. The van der Waals surface area contributed by atoms with Gasteiger partial charge in [0.15, 0.2) is 0 Å². The van der Waals surface area contributed by atoms with Gasteiger partial charge in [-0.2, -0.15) is 0 Å². The van der Waals surface area contributed by atoms with Crippen molar-refractivity contribution in [1.29, 1.82) is 0 Å². The molecule has 0 saturated heterocycles. The fraction of sp³-hybridized carbons (Fsp3) is 0. The van der Waals surface area contributed by atoms with E-state index in [0.29, 0.717) is 0 Å². The molecular formula is C40H23N. The van der Waals surface area contributed by atoms with Gasteiger partial charge in [0.25, 0.3) is 0 Å². The third kappa shape index (κ3) is 2.66. The molecule has 0 radical (unpaired) electrons. The van der Waals surface area contributed by atoms with Crippen LogP contribution in [-0.2, 0) is 0 Å². The first-order valence-electron chi connectivity index (χ1n) is 14.3. The lowest BCUT2D eigenvalue weighted by Gasteiger charge is -2.14. The smallest absolute Gasteiger partial charge is 0.0620 e. The standard InChI is InChI=1S/C40H23N/c1-2-11-26-24(10-1)23-37-39(34-18-9-17-33-32-16-7-8-19-36(32)41(37)40(33)34)38(26)25-20-21-31-29-14-4-3-12-27(29)28-13-5-6-15-30(28)35(31)22-25/h1-23H. The average molecular weight is 518 g/mol. The monoisotopic (exact) mass is 517 g/mol. The molecule has 0 atom stereocenters. The van der Waals surface area contributed by atoms with Gasteiger partial charge < -0.3 is 4.40 Å². The number of fused-ring (bicyclic) bond motifs is 13. The van der Waals surface area contributed by atoms with Crippen molar-refractivity contribution in [3.05, 3.63) is 140 Å². The van der Waals surface area contributed by atoms with E-state index < -0.39 is 0 Å². The van der Waals surface area contributed by atoms with Crippen LogP contribution in [0.5, 0.6) is 0 Å². The molecule has 10 rings (SSSR count). The zero-order valence-electron chi connectivity index (χ0n) is 22.2. The van der Waals surface area contributed by atoms with E-state index in [0.717, 1.165) is 0 Å². The first-order chi connectivity index (χ1) is 20.4. The Labute approximate surface area is 235 Å². The maximum absolute atomic E-state index is 2.50. The number of hydrogen-bond donors (Lipinski definition) is 0. The van der Waals surface area contributed by atoms with Crippen molar-refractivity contribution in [2.24, 2.45) is 0 Å². The Kier molecular flexibility index (Phi) is 3.98. The third-order valence-corrected chi connectivity index (χ3v) is 9.27. The van der Waals surface area contributed by atoms with E-state index >= 15 is 0 Å². The molecule has 0 N–H and O–H groups in total. The maximum Gasteiger partial charge on any atom is 0.0620 e. The second-order valence-corrected chi connectivity index (χ2v) is 11.3. The van der Waals surface area contributed by atoms with Crippen LogP contribution in [0.15, 0.2) is 140 Å². The lowest BCUT2D eigenvalue weighted by Crippen LogP contribution is -1.88. The number of benzene rings is 8. The molecule has 2 aromatic heterocycles. The molecule has 8 aromatic carbocycles. The van der Waals surface area contributed by atoms with E-state index in [4.69, 9.17) is 0 Å². The van der Waals surface area contributed by atoms with E-state index in [-0.39, 0.29) is 0 Å². The van der Waals surface area contributed by atoms with Gasteiger partial charge in [-0.05, 0) is 72.4 Å². The van der Waals surface area contributed by atoms with Crippen LogP contribution in [0.1, 0.15) is 0 Å². The number of rotatable bonds is 1. The Morgan fingerprint density at radius 2 is 0.902 bits per heavy atom. The number of nitrogens with zero attached hydrogens (tertiary/aromatic N) is 1.